The zero-order chi connectivity index (χ0) is 18.8. The Bertz CT molecular complexity index is 1070. The standard InChI is InChI=1S/C20H16ClNO4/c1-3-22-15-10-9-13(21)11-14(15)16(17(19(22)24)20(25)26-2)18(23)12-7-5-4-6-8-12/h4-11H,3H2,1-2H3. The third-order valence-corrected chi connectivity index (χ3v) is 4.43. The minimum absolute atomic E-state index is 0.00949. The molecule has 0 fully saturated rings. The predicted octanol–water partition coefficient (Wildman–Crippen LogP) is 3.69. The summed E-state index contributed by atoms with van der Waals surface area (Å²) in [4.78, 5) is 38.5. The number of esters is 1. The van der Waals surface area contributed by atoms with Crippen LogP contribution < -0.4 is 5.56 Å². The molecule has 1 aromatic heterocycles. The third-order valence-electron chi connectivity index (χ3n) is 4.20. The quantitative estimate of drug-likeness (QED) is 0.519. The molecule has 0 saturated heterocycles. The van der Waals surface area contributed by atoms with E-state index in [-0.39, 0.29) is 11.1 Å². The molecule has 0 atom stereocenters. The Labute approximate surface area is 154 Å². The van der Waals surface area contributed by atoms with E-state index in [1.54, 1.807) is 55.5 Å². The van der Waals surface area contributed by atoms with Gasteiger partial charge in [-0.15, -0.1) is 0 Å². The summed E-state index contributed by atoms with van der Waals surface area (Å²) in [5.74, 6) is -1.28. The number of carbonyl (C=O) groups excluding carboxylic acids is 2. The van der Waals surface area contributed by atoms with Gasteiger partial charge in [0, 0.05) is 22.5 Å². The summed E-state index contributed by atoms with van der Waals surface area (Å²) in [6.07, 6.45) is 0. The summed E-state index contributed by atoms with van der Waals surface area (Å²) < 4.78 is 6.22. The highest BCUT2D eigenvalue weighted by molar-refractivity contribution is 6.32. The van der Waals surface area contributed by atoms with E-state index in [2.05, 4.69) is 0 Å². The monoisotopic (exact) mass is 369 g/mol. The van der Waals surface area contributed by atoms with Crippen LogP contribution in [0.3, 0.4) is 0 Å². The largest absolute Gasteiger partial charge is 0.465 e. The van der Waals surface area contributed by atoms with Gasteiger partial charge < -0.3 is 9.30 Å². The molecule has 5 nitrogen and oxygen atoms in total. The number of hydrogen-bond donors (Lipinski definition) is 0. The lowest BCUT2D eigenvalue weighted by Gasteiger charge is -2.15. The van der Waals surface area contributed by atoms with Gasteiger partial charge in [0.1, 0.15) is 5.56 Å². The maximum Gasteiger partial charge on any atom is 0.344 e. The van der Waals surface area contributed by atoms with E-state index in [9.17, 15) is 14.4 Å². The smallest absolute Gasteiger partial charge is 0.344 e. The Balaban J connectivity index is 2.49. The summed E-state index contributed by atoms with van der Waals surface area (Å²) >= 11 is 6.13. The number of benzene rings is 2. The number of aromatic nitrogens is 1. The normalized spacial score (nSPS) is 10.7. The number of aryl methyl sites for hydroxylation is 1. The molecule has 2 aromatic carbocycles. The first-order valence-electron chi connectivity index (χ1n) is 8.03. The maximum atomic E-state index is 13.2. The number of methoxy groups -OCH3 is 1. The summed E-state index contributed by atoms with van der Waals surface area (Å²) in [5.41, 5.74) is 0.0723. The van der Waals surface area contributed by atoms with E-state index in [0.717, 1.165) is 0 Å². The molecule has 0 saturated carbocycles. The van der Waals surface area contributed by atoms with Gasteiger partial charge in [-0.3, -0.25) is 9.59 Å². The van der Waals surface area contributed by atoms with Gasteiger partial charge in [0.2, 0.25) is 0 Å². The van der Waals surface area contributed by atoms with E-state index in [1.165, 1.54) is 11.7 Å². The first-order valence-corrected chi connectivity index (χ1v) is 8.41. The molecule has 0 N–H and O–H groups in total. The lowest BCUT2D eigenvalue weighted by Crippen LogP contribution is -2.30. The predicted molar refractivity (Wildman–Crippen MR) is 100 cm³/mol. The molecule has 132 valence electrons. The molecule has 0 bridgehead atoms. The van der Waals surface area contributed by atoms with Crippen molar-refractivity contribution in [3.8, 4) is 0 Å². The van der Waals surface area contributed by atoms with Crippen molar-refractivity contribution in [1.82, 2.24) is 4.57 Å². The van der Waals surface area contributed by atoms with Gasteiger partial charge in [-0.25, -0.2) is 4.79 Å². The van der Waals surface area contributed by atoms with Crippen LogP contribution >= 0.6 is 11.6 Å². The molecular formula is C20H16ClNO4. The van der Waals surface area contributed by atoms with E-state index >= 15 is 0 Å². The molecule has 3 rings (SSSR count). The fraction of sp³-hybridized carbons (Fsp3) is 0.150. The van der Waals surface area contributed by atoms with Crippen molar-refractivity contribution in [1.29, 1.82) is 0 Å². The van der Waals surface area contributed by atoms with Crippen LogP contribution in [0.5, 0.6) is 0 Å². The van der Waals surface area contributed by atoms with Crippen LogP contribution in [0.2, 0.25) is 5.02 Å². The Morgan fingerprint density at radius 2 is 1.77 bits per heavy atom. The van der Waals surface area contributed by atoms with Crippen molar-refractivity contribution in [3.05, 3.63) is 80.6 Å². The molecule has 6 heteroatoms. The number of pyridine rings is 1. The number of halogens is 1. The molecule has 0 spiro atoms. The average Bonchev–Trinajstić information content (AvgIpc) is 2.67. The molecular weight excluding hydrogens is 354 g/mol. The maximum absolute atomic E-state index is 13.2. The van der Waals surface area contributed by atoms with Crippen LogP contribution in [0.4, 0.5) is 0 Å². The molecule has 26 heavy (non-hydrogen) atoms. The van der Waals surface area contributed by atoms with Gasteiger partial charge >= 0.3 is 5.97 Å². The highest BCUT2D eigenvalue weighted by Crippen LogP contribution is 2.26. The van der Waals surface area contributed by atoms with Crippen LogP contribution in [0, 0.1) is 0 Å². The molecule has 3 aromatic rings. The van der Waals surface area contributed by atoms with Gasteiger partial charge in [0.05, 0.1) is 18.2 Å². The second-order valence-electron chi connectivity index (χ2n) is 5.65. The molecule has 0 aliphatic rings. The Hall–Kier alpha value is -2.92. The summed E-state index contributed by atoms with van der Waals surface area (Å²) in [6, 6.07) is 13.4. The van der Waals surface area contributed by atoms with Crippen LogP contribution in [-0.2, 0) is 11.3 Å². The SMILES string of the molecule is CCn1c(=O)c(C(=O)OC)c(C(=O)c2ccccc2)c2cc(Cl)ccc21. The number of ketones is 1. The van der Waals surface area contributed by atoms with Gasteiger partial charge in [-0.2, -0.15) is 0 Å². The fourth-order valence-electron chi connectivity index (χ4n) is 3.00. The fourth-order valence-corrected chi connectivity index (χ4v) is 3.18. The molecule has 0 radical (unpaired) electrons. The van der Waals surface area contributed by atoms with Gasteiger partial charge in [0.15, 0.2) is 5.78 Å². The average molecular weight is 370 g/mol. The zero-order valence-electron chi connectivity index (χ0n) is 14.3. The number of fused-ring (bicyclic) bond motifs is 1. The number of ether oxygens (including phenoxy) is 1. The van der Waals surface area contributed by atoms with E-state index in [4.69, 9.17) is 16.3 Å². The van der Waals surface area contributed by atoms with E-state index in [0.29, 0.717) is 28.0 Å². The molecule has 0 unspecified atom stereocenters. The summed E-state index contributed by atoms with van der Waals surface area (Å²) in [7, 11) is 1.18. The van der Waals surface area contributed by atoms with Crippen molar-refractivity contribution in [2.45, 2.75) is 13.5 Å². The first kappa shape index (κ1) is 17.9. The molecule has 0 aliphatic carbocycles. The first-order chi connectivity index (χ1) is 12.5. The lowest BCUT2D eigenvalue weighted by atomic mass is 9.95. The van der Waals surface area contributed by atoms with Crippen molar-refractivity contribution >= 4 is 34.3 Å². The number of rotatable bonds is 4. The lowest BCUT2D eigenvalue weighted by molar-refractivity contribution is 0.0595. The Morgan fingerprint density at radius 1 is 1.08 bits per heavy atom. The molecule has 1 heterocycles. The summed E-state index contributed by atoms with van der Waals surface area (Å²) in [5, 5.41) is 0.838. The molecule has 0 aliphatic heterocycles. The van der Waals surface area contributed by atoms with Crippen LogP contribution in [-0.4, -0.2) is 23.4 Å². The van der Waals surface area contributed by atoms with Gasteiger partial charge in [-0.05, 0) is 25.1 Å². The second-order valence-corrected chi connectivity index (χ2v) is 6.08. The number of carbonyl (C=O) groups is 2. The van der Waals surface area contributed by atoms with Crippen molar-refractivity contribution < 1.29 is 14.3 Å². The highest BCUT2D eigenvalue weighted by Gasteiger charge is 2.27. The highest BCUT2D eigenvalue weighted by atomic mass is 35.5. The van der Waals surface area contributed by atoms with Crippen LogP contribution in [0.1, 0.15) is 33.2 Å². The van der Waals surface area contributed by atoms with Crippen LogP contribution in [0.15, 0.2) is 53.3 Å². The van der Waals surface area contributed by atoms with E-state index in [1.807, 2.05) is 0 Å². The zero-order valence-corrected chi connectivity index (χ0v) is 15.0. The number of nitrogens with zero attached hydrogens (tertiary/aromatic N) is 1. The second kappa shape index (κ2) is 7.14. The Kier molecular flexibility index (Phi) is 4.91. The third kappa shape index (κ3) is 2.91. The van der Waals surface area contributed by atoms with Gasteiger partial charge in [-0.1, -0.05) is 41.9 Å². The van der Waals surface area contributed by atoms with Crippen molar-refractivity contribution in [2.24, 2.45) is 0 Å². The van der Waals surface area contributed by atoms with E-state index < -0.39 is 17.3 Å². The molecule has 0 amide bonds. The number of hydrogen-bond acceptors (Lipinski definition) is 4. The topological polar surface area (TPSA) is 65.4 Å². The minimum Gasteiger partial charge on any atom is -0.465 e. The van der Waals surface area contributed by atoms with Gasteiger partial charge in [0.25, 0.3) is 5.56 Å². The van der Waals surface area contributed by atoms with Crippen molar-refractivity contribution in [3.63, 3.8) is 0 Å². The van der Waals surface area contributed by atoms with Crippen molar-refractivity contribution in [2.75, 3.05) is 7.11 Å². The Morgan fingerprint density at radius 3 is 2.38 bits per heavy atom. The summed E-state index contributed by atoms with van der Waals surface area (Å²) in [6.45, 7) is 2.12. The van der Waals surface area contributed by atoms with Crippen LogP contribution in [0.25, 0.3) is 10.9 Å². The minimum atomic E-state index is -0.849.